The summed E-state index contributed by atoms with van der Waals surface area (Å²) in [5.74, 6) is 0.691. The van der Waals surface area contributed by atoms with E-state index in [1.54, 1.807) is 21.0 Å². The smallest absolute Gasteiger partial charge is 0.126 e. The Morgan fingerprint density at radius 1 is 1.43 bits per heavy atom. The summed E-state index contributed by atoms with van der Waals surface area (Å²) in [6.07, 6.45) is 0. The first-order valence-electron chi connectivity index (χ1n) is 4.21. The number of methoxy groups -OCH3 is 1. The fourth-order valence-corrected chi connectivity index (χ4v) is 1.86. The van der Waals surface area contributed by atoms with Gasteiger partial charge in [0.1, 0.15) is 5.75 Å². The predicted molar refractivity (Wildman–Crippen MR) is 63.1 cm³/mol. The van der Waals surface area contributed by atoms with Gasteiger partial charge in [0, 0.05) is 10.5 Å². The molecule has 14 heavy (non-hydrogen) atoms. The van der Waals surface area contributed by atoms with Crippen molar-refractivity contribution in [1.29, 1.82) is 0 Å². The molecule has 2 nitrogen and oxygen atoms in total. The quantitative estimate of drug-likeness (QED) is 0.618. The van der Waals surface area contributed by atoms with Crippen molar-refractivity contribution < 1.29 is 9.84 Å². The van der Waals surface area contributed by atoms with Crippen LogP contribution < -0.4 is 4.74 Å². The van der Waals surface area contributed by atoms with Crippen molar-refractivity contribution in [3.05, 3.63) is 23.8 Å². The molecule has 1 rings (SSSR count). The zero-order valence-electron chi connectivity index (χ0n) is 8.44. The van der Waals surface area contributed by atoms with Crippen LogP contribution in [0.3, 0.4) is 0 Å². The van der Waals surface area contributed by atoms with Gasteiger partial charge in [0.2, 0.25) is 0 Å². The van der Waals surface area contributed by atoms with Crippen LogP contribution >= 0.6 is 22.5 Å². The summed E-state index contributed by atoms with van der Waals surface area (Å²) in [5, 5.41) is 9.86. The standard InChI is InChI=1S/C10H14O2S2/c1-10(2,11)8-5-4-7(14-13)6-9(8)12-3/h4-6,11,13H,1-3H3. The lowest BCUT2D eigenvalue weighted by atomic mass is 9.97. The van der Waals surface area contributed by atoms with E-state index in [1.807, 2.05) is 18.2 Å². The van der Waals surface area contributed by atoms with Gasteiger partial charge in [0.05, 0.1) is 12.7 Å². The van der Waals surface area contributed by atoms with Crippen LogP contribution in [0.15, 0.2) is 23.1 Å². The van der Waals surface area contributed by atoms with Crippen molar-refractivity contribution >= 4 is 22.5 Å². The van der Waals surface area contributed by atoms with E-state index in [4.69, 9.17) is 4.74 Å². The molecule has 0 fully saturated rings. The zero-order valence-corrected chi connectivity index (χ0v) is 10.2. The molecule has 0 aliphatic heterocycles. The van der Waals surface area contributed by atoms with Gasteiger partial charge < -0.3 is 9.84 Å². The molecule has 0 aliphatic rings. The van der Waals surface area contributed by atoms with Crippen LogP contribution in [0.1, 0.15) is 19.4 Å². The molecule has 0 heterocycles. The highest BCUT2D eigenvalue weighted by molar-refractivity contribution is 8.68. The highest BCUT2D eigenvalue weighted by atomic mass is 33.1. The zero-order chi connectivity index (χ0) is 10.8. The van der Waals surface area contributed by atoms with Gasteiger partial charge in [-0.25, -0.2) is 0 Å². The van der Waals surface area contributed by atoms with Gasteiger partial charge in [0.25, 0.3) is 0 Å². The normalized spacial score (nSPS) is 11.5. The number of rotatable bonds is 3. The van der Waals surface area contributed by atoms with E-state index in [0.717, 1.165) is 10.5 Å². The third-order valence-corrected chi connectivity index (χ3v) is 3.03. The predicted octanol–water partition coefficient (Wildman–Crippen LogP) is 2.86. The highest BCUT2D eigenvalue weighted by Crippen LogP contribution is 2.33. The van der Waals surface area contributed by atoms with Crippen LogP contribution in [-0.4, -0.2) is 12.2 Å². The lowest BCUT2D eigenvalue weighted by molar-refractivity contribution is 0.0756. The molecule has 1 N–H and O–H groups in total. The Kier molecular flexibility index (Phi) is 3.75. The molecule has 0 saturated heterocycles. The maximum Gasteiger partial charge on any atom is 0.126 e. The first kappa shape index (κ1) is 11.8. The lowest BCUT2D eigenvalue weighted by Gasteiger charge is -2.21. The monoisotopic (exact) mass is 230 g/mol. The molecule has 0 saturated carbocycles. The topological polar surface area (TPSA) is 29.5 Å². The molecule has 1 aromatic carbocycles. The fraction of sp³-hybridized carbons (Fsp3) is 0.400. The van der Waals surface area contributed by atoms with Crippen molar-refractivity contribution in [2.45, 2.75) is 24.3 Å². The Morgan fingerprint density at radius 3 is 2.50 bits per heavy atom. The Bertz CT molecular complexity index is 318. The largest absolute Gasteiger partial charge is 0.496 e. The Balaban J connectivity index is 3.18. The summed E-state index contributed by atoms with van der Waals surface area (Å²) in [4.78, 5) is 0.998. The van der Waals surface area contributed by atoms with Crippen molar-refractivity contribution in [3.63, 3.8) is 0 Å². The van der Waals surface area contributed by atoms with E-state index in [9.17, 15) is 5.11 Å². The second-order valence-electron chi connectivity index (χ2n) is 3.51. The second kappa shape index (κ2) is 4.47. The molecule has 0 radical (unpaired) electrons. The number of thiol groups is 1. The second-order valence-corrected chi connectivity index (χ2v) is 4.71. The maximum atomic E-state index is 9.86. The molecule has 0 aliphatic carbocycles. The molecule has 0 spiro atoms. The summed E-state index contributed by atoms with van der Waals surface area (Å²) in [5.41, 5.74) is -0.100. The van der Waals surface area contributed by atoms with Gasteiger partial charge in [0.15, 0.2) is 0 Å². The summed E-state index contributed by atoms with van der Waals surface area (Å²) in [6, 6.07) is 5.63. The van der Waals surface area contributed by atoms with Crippen LogP contribution in [-0.2, 0) is 5.60 Å². The summed E-state index contributed by atoms with van der Waals surface area (Å²) < 4.78 is 5.21. The molecule has 0 amide bonds. The first-order valence-corrected chi connectivity index (χ1v) is 6.08. The summed E-state index contributed by atoms with van der Waals surface area (Å²) >= 11 is 4.10. The molecule has 0 unspecified atom stereocenters. The molecular formula is C10H14O2S2. The van der Waals surface area contributed by atoms with E-state index in [1.165, 1.54) is 10.8 Å². The molecule has 0 bridgehead atoms. The van der Waals surface area contributed by atoms with Gasteiger partial charge in [-0.3, -0.25) is 0 Å². The highest BCUT2D eigenvalue weighted by Gasteiger charge is 2.20. The van der Waals surface area contributed by atoms with Gasteiger partial charge in [-0.1, -0.05) is 16.9 Å². The average molecular weight is 230 g/mol. The van der Waals surface area contributed by atoms with Gasteiger partial charge in [-0.15, -0.1) is 11.7 Å². The molecule has 78 valence electrons. The third kappa shape index (κ3) is 2.59. The van der Waals surface area contributed by atoms with Gasteiger partial charge in [-0.2, -0.15) is 0 Å². The molecule has 0 atom stereocenters. The minimum atomic E-state index is -0.884. The van der Waals surface area contributed by atoms with Crippen LogP contribution in [0.5, 0.6) is 5.75 Å². The minimum Gasteiger partial charge on any atom is -0.496 e. The van der Waals surface area contributed by atoms with Crippen molar-refractivity contribution in [1.82, 2.24) is 0 Å². The van der Waals surface area contributed by atoms with E-state index in [-0.39, 0.29) is 0 Å². The SMILES string of the molecule is COc1cc(SS)ccc1C(C)(C)O. The van der Waals surface area contributed by atoms with Crippen LogP contribution in [0, 0.1) is 0 Å². The maximum absolute atomic E-state index is 9.86. The Morgan fingerprint density at radius 2 is 2.07 bits per heavy atom. The fourth-order valence-electron chi connectivity index (χ4n) is 1.23. The molecule has 4 heteroatoms. The number of aliphatic hydroxyl groups is 1. The Labute approximate surface area is 93.5 Å². The van der Waals surface area contributed by atoms with Gasteiger partial charge >= 0.3 is 0 Å². The number of hydrogen-bond acceptors (Lipinski definition) is 4. The van der Waals surface area contributed by atoms with Crippen molar-refractivity contribution in [3.8, 4) is 5.75 Å². The van der Waals surface area contributed by atoms with E-state index < -0.39 is 5.60 Å². The van der Waals surface area contributed by atoms with Crippen molar-refractivity contribution in [2.24, 2.45) is 0 Å². The number of hydrogen-bond donors (Lipinski definition) is 2. The van der Waals surface area contributed by atoms with E-state index in [2.05, 4.69) is 11.7 Å². The first-order chi connectivity index (χ1) is 6.49. The molecule has 0 aromatic heterocycles. The third-order valence-electron chi connectivity index (χ3n) is 1.94. The van der Waals surface area contributed by atoms with Gasteiger partial charge in [-0.05, 0) is 26.0 Å². The minimum absolute atomic E-state index is 0.691. The number of ether oxygens (including phenoxy) is 1. The lowest BCUT2D eigenvalue weighted by Crippen LogP contribution is -2.16. The summed E-state index contributed by atoms with van der Waals surface area (Å²) in [6.45, 7) is 3.47. The molecular weight excluding hydrogens is 216 g/mol. The average Bonchev–Trinajstić information content (AvgIpc) is 2.15. The summed E-state index contributed by atoms with van der Waals surface area (Å²) in [7, 11) is 2.95. The molecule has 1 aromatic rings. The van der Waals surface area contributed by atoms with Crippen molar-refractivity contribution in [2.75, 3.05) is 7.11 Å². The Hall–Kier alpha value is -0.320. The van der Waals surface area contributed by atoms with E-state index >= 15 is 0 Å². The van der Waals surface area contributed by atoms with Crippen LogP contribution in [0.25, 0.3) is 0 Å². The van der Waals surface area contributed by atoms with Crippen LogP contribution in [0.2, 0.25) is 0 Å². The van der Waals surface area contributed by atoms with E-state index in [0.29, 0.717) is 5.75 Å². The van der Waals surface area contributed by atoms with Crippen LogP contribution in [0.4, 0.5) is 0 Å². The number of benzene rings is 1.